The van der Waals surface area contributed by atoms with Crippen molar-refractivity contribution in [1.82, 2.24) is 29.5 Å². The van der Waals surface area contributed by atoms with Gasteiger partial charge in [0.05, 0.1) is 34.8 Å². The molecule has 0 spiro atoms. The highest BCUT2D eigenvalue weighted by atomic mass is 19.3. The molecule has 4 aromatic heterocycles. The zero-order valence-corrected chi connectivity index (χ0v) is 18.8. The first-order valence-electron chi connectivity index (χ1n) is 12.6. The van der Waals surface area contributed by atoms with Gasteiger partial charge < -0.3 is 24.3 Å². The number of ether oxygens (including phenoxy) is 2. The van der Waals surface area contributed by atoms with Crippen molar-refractivity contribution in [3.05, 3.63) is 24.3 Å². The first kappa shape index (κ1) is 19.0. The molecule has 0 amide bonds. The molecule has 1 fully saturated rings. The van der Waals surface area contributed by atoms with Gasteiger partial charge in [0.25, 0.3) is 6.43 Å². The number of anilines is 1. The van der Waals surface area contributed by atoms with Crippen LogP contribution >= 0.6 is 0 Å². The number of nitrogens with one attached hydrogen (secondary N) is 2. The number of alkyl halides is 2. The van der Waals surface area contributed by atoms with Crippen molar-refractivity contribution in [1.29, 1.82) is 0 Å². The van der Waals surface area contributed by atoms with Gasteiger partial charge in [0.2, 0.25) is 11.8 Å². The Bertz CT molecular complexity index is 1420. The van der Waals surface area contributed by atoms with E-state index in [0.29, 0.717) is 58.3 Å². The highest BCUT2D eigenvalue weighted by Gasteiger charge is 2.23. The van der Waals surface area contributed by atoms with E-state index in [1.165, 1.54) is 11.7 Å². The summed E-state index contributed by atoms with van der Waals surface area (Å²) in [6, 6.07) is 1.84. The maximum absolute atomic E-state index is 13.1. The zero-order chi connectivity index (χ0) is 26.3. The van der Waals surface area contributed by atoms with Crippen LogP contribution in [-0.4, -0.2) is 62.2 Å². The van der Waals surface area contributed by atoms with Crippen molar-refractivity contribution in [2.24, 2.45) is 0 Å². The molecule has 1 saturated carbocycles. The molecule has 1 aliphatic carbocycles. The molecule has 2 N–H and O–H groups in total. The topological polar surface area (TPSA) is 103 Å². The quantitative estimate of drug-likeness (QED) is 0.411. The lowest BCUT2D eigenvalue weighted by Crippen LogP contribution is -2.29. The molecule has 34 heavy (non-hydrogen) atoms. The molecule has 0 unspecified atom stereocenters. The van der Waals surface area contributed by atoms with Crippen LogP contribution < -0.4 is 10.1 Å². The standard InChI is InChI=1S/C23H27F2N7O2/c1-12-28-20-17(32(12)11-18(24)25)8-13(9-26-20)16-10-27-21-19(16)22(34-3)31-23(30-21)29-14-4-6-15(33-2)7-5-14/h8-10,14-15,18H,4-7,11H2,1-3H3,(H2,27,29,30,31)/t14-,15+/i2D3. The van der Waals surface area contributed by atoms with E-state index in [0.717, 1.165) is 18.4 Å². The van der Waals surface area contributed by atoms with Gasteiger partial charge in [-0.25, -0.2) is 18.7 Å². The molecular weight excluding hydrogens is 444 g/mol. The number of H-pyrrole nitrogens is 1. The maximum atomic E-state index is 13.1. The lowest BCUT2D eigenvalue weighted by molar-refractivity contribution is 0.0681. The third kappa shape index (κ3) is 4.15. The largest absolute Gasteiger partial charge is 0.480 e. The summed E-state index contributed by atoms with van der Waals surface area (Å²) in [7, 11) is -0.874. The van der Waals surface area contributed by atoms with Gasteiger partial charge in [-0.3, -0.25) is 0 Å². The molecule has 0 bridgehead atoms. The fourth-order valence-electron chi connectivity index (χ4n) is 4.58. The molecule has 180 valence electrons. The average molecular weight is 475 g/mol. The molecule has 0 aromatic carbocycles. The molecule has 4 aromatic rings. The minimum Gasteiger partial charge on any atom is -0.480 e. The fraction of sp³-hybridized carbons (Fsp3) is 0.478. The molecule has 0 saturated heterocycles. The summed E-state index contributed by atoms with van der Waals surface area (Å²) in [6.45, 7) is 1.21. The maximum Gasteiger partial charge on any atom is 0.256 e. The van der Waals surface area contributed by atoms with Crippen molar-refractivity contribution in [2.75, 3.05) is 19.5 Å². The third-order valence-electron chi connectivity index (χ3n) is 6.29. The molecule has 4 heterocycles. The van der Waals surface area contributed by atoms with Gasteiger partial charge in [-0.05, 0) is 38.7 Å². The molecule has 0 atom stereocenters. The predicted octanol–water partition coefficient (Wildman–Crippen LogP) is 4.32. The van der Waals surface area contributed by atoms with Gasteiger partial charge in [0, 0.05) is 36.6 Å². The number of aromatic nitrogens is 6. The van der Waals surface area contributed by atoms with E-state index in [1.54, 1.807) is 25.4 Å². The van der Waals surface area contributed by atoms with Crippen molar-refractivity contribution >= 4 is 28.1 Å². The van der Waals surface area contributed by atoms with Crippen LogP contribution in [0.4, 0.5) is 14.7 Å². The number of hydrogen-bond donors (Lipinski definition) is 2. The zero-order valence-electron chi connectivity index (χ0n) is 21.8. The summed E-state index contributed by atoms with van der Waals surface area (Å²) >= 11 is 0. The number of aryl methyl sites for hydroxylation is 1. The Morgan fingerprint density at radius 1 is 1.26 bits per heavy atom. The van der Waals surface area contributed by atoms with Crippen LogP contribution in [0, 0.1) is 6.92 Å². The summed E-state index contributed by atoms with van der Waals surface area (Å²) in [5.41, 5.74) is 2.86. The smallest absolute Gasteiger partial charge is 0.256 e. The molecule has 0 aliphatic heterocycles. The van der Waals surface area contributed by atoms with E-state index < -0.39 is 20.0 Å². The molecule has 9 nitrogen and oxygen atoms in total. The monoisotopic (exact) mass is 474 g/mol. The van der Waals surface area contributed by atoms with Crippen molar-refractivity contribution in [2.45, 2.75) is 57.7 Å². The number of nitrogens with zero attached hydrogens (tertiary/aromatic N) is 5. The van der Waals surface area contributed by atoms with Crippen LogP contribution in [-0.2, 0) is 11.3 Å². The van der Waals surface area contributed by atoms with Crippen LogP contribution in [0.3, 0.4) is 0 Å². The van der Waals surface area contributed by atoms with Crippen LogP contribution in [0.1, 0.15) is 35.6 Å². The van der Waals surface area contributed by atoms with Gasteiger partial charge in [-0.1, -0.05) is 0 Å². The first-order valence-corrected chi connectivity index (χ1v) is 11.1. The minimum atomic E-state index is -2.52. The minimum absolute atomic E-state index is 0.0676. The summed E-state index contributed by atoms with van der Waals surface area (Å²) < 4.78 is 60.3. The van der Waals surface area contributed by atoms with Crippen LogP contribution in [0.25, 0.3) is 33.3 Å². The lowest BCUT2D eigenvalue weighted by Gasteiger charge is -2.28. The Balaban J connectivity index is 1.41. The molecule has 5 rings (SSSR count). The Labute approximate surface area is 199 Å². The highest BCUT2D eigenvalue weighted by molar-refractivity contribution is 5.98. The summed E-state index contributed by atoms with van der Waals surface area (Å²) in [5.74, 6) is 1.20. The van der Waals surface area contributed by atoms with Gasteiger partial charge in [-0.15, -0.1) is 0 Å². The van der Waals surface area contributed by atoms with Crippen molar-refractivity contribution < 1.29 is 22.4 Å². The highest BCUT2D eigenvalue weighted by Crippen LogP contribution is 2.35. The van der Waals surface area contributed by atoms with E-state index in [9.17, 15) is 8.78 Å². The van der Waals surface area contributed by atoms with Crippen LogP contribution in [0.5, 0.6) is 5.88 Å². The second-order valence-electron chi connectivity index (χ2n) is 8.45. The van der Waals surface area contributed by atoms with Gasteiger partial charge in [-0.2, -0.15) is 9.97 Å². The van der Waals surface area contributed by atoms with E-state index in [-0.39, 0.29) is 12.1 Å². The Hall–Kier alpha value is -3.34. The van der Waals surface area contributed by atoms with E-state index in [2.05, 4.69) is 30.2 Å². The van der Waals surface area contributed by atoms with Crippen molar-refractivity contribution in [3.8, 4) is 17.0 Å². The SMILES string of the molecule is [2H]C([2H])([2H])O[C@H]1CC[C@@H](Nc2nc(OC)c3c(-c4cnc5nc(C)n(CC(F)F)c5c4)c[nH]c3n2)CC1. The number of pyridine rings is 1. The molecule has 11 heteroatoms. The number of imidazole rings is 1. The van der Waals surface area contributed by atoms with E-state index in [4.69, 9.17) is 13.6 Å². The van der Waals surface area contributed by atoms with E-state index in [1.807, 2.05) is 0 Å². The molecule has 0 radical (unpaired) electrons. The van der Waals surface area contributed by atoms with Gasteiger partial charge in [0.15, 0.2) is 5.65 Å². The number of rotatable bonds is 7. The number of methoxy groups -OCH3 is 2. The summed E-state index contributed by atoms with van der Waals surface area (Å²) in [6.07, 6.45) is 3.27. The van der Waals surface area contributed by atoms with Crippen LogP contribution in [0.2, 0.25) is 0 Å². The molecule has 1 aliphatic rings. The Morgan fingerprint density at radius 2 is 2.09 bits per heavy atom. The lowest BCUT2D eigenvalue weighted by atomic mass is 9.93. The van der Waals surface area contributed by atoms with Crippen LogP contribution in [0.15, 0.2) is 18.5 Å². The first-order chi connectivity index (χ1) is 17.6. The van der Waals surface area contributed by atoms with E-state index >= 15 is 0 Å². The second kappa shape index (κ2) is 9.13. The van der Waals surface area contributed by atoms with Gasteiger partial charge in [0.1, 0.15) is 11.5 Å². The predicted molar refractivity (Wildman–Crippen MR) is 124 cm³/mol. The second-order valence-corrected chi connectivity index (χ2v) is 8.45. The fourth-order valence-corrected chi connectivity index (χ4v) is 4.58. The third-order valence-corrected chi connectivity index (χ3v) is 6.29. The molecular formula is C23H27F2N7O2. The Morgan fingerprint density at radius 3 is 2.82 bits per heavy atom. The normalized spacial score (nSPS) is 20.4. The summed E-state index contributed by atoms with van der Waals surface area (Å²) in [4.78, 5) is 21.0. The average Bonchev–Trinajstić information content (AvgIpc) is 3.39. The number of fused-ring (bicyclic) bond motifs is 2. The van der Waals surface area contributed by atoms with Gasteiger partial charge >= 0.3 is 0 Å². The van der Waals surface area contributed by atoms with Crippen molar-refractivity contribution in [3.63, 3.8) is 0 Å². The summed E-state index contributed by atoms with van der Waals surface area (Å²) in [5, 5.41) is 3.96. The Kier molecular flexibility index (Phi) is 5.11. The number of hydrogen-bond acceptors (Lipinski definition) is 7. The number of halogens is 2. The number of aromatic amines is 1.